The highest BCUT2D eigenvalue weighted by Crippen LogP contribution is 2.35. The number of amides is 1. The Hall–Kier alpha value is -3.09. The summed E-state index contributed by atoms with van der Waals surface area (Å²) in [6, 6.07) is 8.46. The van der Waals surface area contributed by atoms with Gasteiger partial charge in [0.2, 0.25) is 10.0 Å². The first-order valence-electron chi connectivity index (χ1n) is 13.8. The molecule has 11 nitrogen and oxygen atoms in total. The Morgan fingerprint density at radius 3 is 2.50 bits per heavy atom. The van der Waals surface area contributed by atoms with Crippen molar-refractivity contribution in [3.8, 4) is 0 Å². The van der Waals surface area contributed by atoms with Crippen LogP contribution in [-0.4, -0.2) is 86.0 Å². The molecular formula is C27H34ClN7O4S. The number of fused-ring (bicyclic) bond motifs is 1. The van der Waals surface area contributed by atoms with Gasteiger partial charge >= 0.3 is 0 Å². The third-order valence-electron chi connectivity index (χ3n) is 7.79. The number of rotatable bonds is 6. The van der Waals surface area contributed by atoms with Gasteiger partial charge in [0, 0.05) is 49.9 Å². The number of benzene rings is 1. The van der Waals surface area contributed by atoms with Crippen molar-refractivity contribution in [2.24, 2.45) is 0 Å². The fourth-order valence-corrected chi connectivity index (χ4v) is 6.62. The number of anilines is 3. The second-order valence-corrected chi connectivity index (χ2v) is 12.9. The SMILES string of the molecule is CS(=O)(=O)Nc1ccc(Cl)cc1C(=O)N1CCCC[C@H]1c1cc2nc(N3CCCC3)cc(N3CCOCC3)n2n1. The van der Waals surface area contributed by atoms with Gasteiger partial charge in [-0.25, -0.2) is 13.4 Å². The standard InChI is InChI=1S/C27H34ClN7O4S/c1-40(37,38)31-21-8-7-19(28)16-20(21)27(36)34-11-3-2-6-23(34)22-17-25-29-24(32-9-4-5-10-32)18-26(35(25)30-22)33-12-14-39-15-13-33/h7-8,16-18,23,31H,2-6,9-15H2,1H3/t23-/m0/s1. The maximum atomic E-state index is 14.0. The minimum Gasteiger partial charge on any atom is -0.378 e. The average molecular weight is 588 g/mol. The molecule has 1 atom stereocenters. The number of hydrogen-bond acceptors (Lipinski definition) is 8. The maximum absolute atomic E-state index is 14.0. The number of nitrogens with one attached hydrogen (secondary N) is 1. The Kier molecular flexibility index (Phi) is 7.49. The van der Waals surface area contributed by atoms with Crippen LogP contribution >= 0.6 is 11.6 Å². The van der Waals surface area contributed by atoms with Gasteiger partial charge in [-0.05, 0) is 50.3 Å². The molecule has 0 spiro atoms. The molecule has 0 unspecified atom stereocenters. The van der Waals surface area contributed by atoms with Crippen molar-refractivity contribution < 1.29 is 17.9 Å². The first-order valence-corrected chi connectivity index (χ1v) is 16.1. The largest absolute Gasteiger partial charge is 0.378 e. The number of hydrogen-bond donors (Lipinski definition) is 1. The molecule has 3 fully saturated rings. The van der Waals surface area contributed by atoms with Crippen molar-refractivity contribution in [2.75, 3.05) is 66.7 Å². The minimum atomic E-state index is -3.59. The van der Waals surface area contributed by atoms with E-state index in [0.717, 1.165) is 87.5 Å². The summed E-state index contributed by atoms with van der Waals surface area (Å²) in [4.78, 5) is 25.3. The van der Waals surface area contributed by atoms with Crippen LogP contribution in [0.15, 0.2) is 30.3 Å². The summed E-state index contributed by atoms with van der Waals surface area (Å²) in [5.74, 6) is 1.64. The van der Waals surface area contributed by atoms with Crippen molar-refractivity contribution in [1.29, 1.82) is 0 Å². The molecule has 1 N–H and O–H groups in total. The topological polar surface area (TPSA) is 112 Å². The Morgan fingerprint density at radius 1 is 1.00 bits per heavy atom. The predicted octanol–water partition coefficient (Wildman–Crippen LogP) is 3.56. The molecule has 13 heteroatoms. The zero-order valence-corrected chi connectivity index (χ0v) is 24.1. The van der Waals surface area contributed by atoms with E-state index >= 15 is 0 Å². The van der Waals surface area contributed by atoms with Gasteiger partial charge in [-0.3, -0.25) is 9.52 Å². The summed E-state index contributed by atoms with van der Waals surface area (Å²) < 4.78 is 34.0. The van der Waals surface area contributed by atoms with Crippen LogP contribution in [0.25, 0.3) is 5.65 Å². The van der Waals surface area contributed by atoms with Gasteiger partial charge < -0.3 is 19.4 Å². The molecule has 214 valence electrons. The van der Waals surface area contributed by atoms with Gasteiger partial charge in [0.15, 0.2) is 5.65 Å². The van der Waals surface area contributed by atoms with E-state index in [0.29, 0.717) is 24.8 Å². The molecule has 1 amide bonds. The van der Waals surface area contributed by atoms with Crippen molar-refractivity contribution in [3.63, 3.8) is 0 Å². The normalized spacial score (nSPS) is 20.4. The van der Waals surface area contributed by atoms with Crippen LogP contribution in [-0.2, 0) is 14.8 Å². The number of morpholine rings is 1. The van der Waals surface area contributed by atoms with Crippen LogP contribution in [0.3, 0.4) is 0 Å². The van der Waals surface area contributed by atoms with Crippen LogP contribution < -0.4 is 14.5 Å². The molecule has 0 bridgehead atoms. The Labute approximate surface area is 239 Å². The second kappa shape index (κ2) is 11.1. The summed E-state index contributed by atoms with van der Waals surface area (Å²) in [6.45, 7) is 5.36. The Bertz CT molecular complexity index is 1520. The van der Waals surface area contributed by atoms with Gasteiger partial charge in [-0.15, -0.1) is 0 Å². The smallest absolute Gasteiger partial charge is 0.256 e. The van der Waals surface area contributed by atoms with Crippen LogP contribution in [0.4, 0.5) is 17.3 Å². The molecule has 3 aliphatic heterocycles. The number of carbonyl (C=O) groups is 1. The van der Waals surface area contributed by atoms with Crippen molar-refractivity contribution in [1.82, 2.24) is 19.5 Å². The number of piperidine rings is 1. The Balaban J connectivity index is 1.39. The molecule has 2 aromatic heterocycles. The fourth-order valence-electron chi connectivity index (χ4n) is 5.87. The number of sulfonamides is 1. The molecule has 40 heavy (non-hydrogen) atoms. The van der Waals surface area contributed by atoms with Crippen molar-refractivity contribution >= 4 is 50.5 Å². The number of halogens is 1. The van der Waals surface area contributed by atoms with E-state index in [2.05, 4.69) is 20.6 Å². The van der Waals surface area contributed by atoms with E-state index in [1.54, 1.807) is 11.0 Å². The van der Waals surface area contributed by atoms with E-state index < -0.39 is 10.0 Å². The average Bonchev–Trinajstić information content (AvgIpc) is 3.63. The molecule has 0 saturated carbocycles. The van der Waals surface area contributed by atoms with E-state index in [9.17, 15) is 13.2 Å². The van der Waals surface area contributed by atoms with E-state index in [-0.39, 0.29) is 23.2 Å². The lowest BCUT2D eigenvalue weighted by Crippen LogP contribution is -2.39. The first-order chi connectivity index (χ1) is 19.3. The van der Waals surface area contributed by atoms with Crippen molar-refractivity contribution in [2.45, 2.75) is 38.1 Å². The number of carbonyl (C=O) groups excluding carboxylic acids is 1. The van der Waals surface area contributed by atoms with Gasteiger partial charge in [-0.2, -0.15) is 9.61 Å². The third-order valence-corrected chi connectivity index (χ3v) is 8.62. The second-order valence-electron chi connectivity index (χ2n) is 10.7. The first kappa shape index (κ1) is 27.1. The van der Waals surface area contributed by atoms with Crippen LogP contribution in [0.5, 0.6) is 0 Å². The van der Waals surface area contributed by atoms with Crippen LogP contribution in [0.1, 0.15) is 54.2 Å². The zero-order chi connectivity index (χ0) is 27.9. The summed E-state index contributed by atoms with van der Waals surface area (Å²) in [7, 11) is -3.59. The molecule has 6 rings (SSSR count). The molecular weight excluding hydrogens is 554 g/mol. The number of aromatic nitrogens is 3. The van der Waals surface area contributed by atoms with Crippen LogP contribution in [0.2, 0.25) is 5.02 Å². The summed E-state index contributed by atoms with van der Waals surface area (Å²) in [6.07, 6.45) is 5.92. The van der Waals surface area contributed by atoms with Gasteiger partial charge in [0.1, 0.15) is 11.6 Å². The molecule has 3 saturated heterocycles. The highest BCUT2D eigenvalue weighted by atomic mass is 35.5. The lowest BCUT2D eigenvalue weighted by Gasteiger charge is -2.35. The molecule has 0 aliphatic carbocycles. The van der Waals surface area contributed by atoms with E-state index in [4.69, 9.17) is 26.4 Å². The summed E-state index contributed by atoms with van der Waals surface area (Å²) in [5.41, 5.74) is 1.95. The zero-order valence-electron chi connectivity index (χ0n) is 22.6. The Morgan fingerprint density at radius 2 is 1.75 bits per heavy atom. The number of likely N-dealkylation sites (tertiary alicyclic amines) is 1. The number of nitrogens with zero attached hydrogens (tertiary/aromatic N) is 6. The van der Waals surface area contributed by atoms with E-state index in [1.165, 1.54) is 12.1 Å². The van der Waals surface area contributed by atoms with Gasteiger partial charge in [-0.1, -0.05) is 11.6 Å². The highest BCUT2D eigenvalue weighted by molar-refractivity contribution is 7.92. The summed E-state index contributed by atoms with van der Waals surface area (Å²) in [5, 5.41) is 5.39. The maximum Gasteiger partial charge on any atom is 0.256 e. The monoisotopic (exact) mass is 587 g/mol. The minimum absolute atomic E-state index is 0.211. The quantitative estimate of drug-likeness (QED) is 0.466. The molecule has 5 heterocycles. The third kappa shape index (κ3) is 5.57. The molecule has 3 aromatic rings. The van der Waals surface area contributed by atoms with E-state index in [1.807, 2.05) is 10.6 Å². The van der Waals surface area contributed by atoms with Crippen LogP contribution in [0, 0.1) is 0 Å². The fraction of sp³-hybridized carbons (Fsp3) is 0.519. The molecule has 0 radical (unpaired) electrons. The lowest BCUT2D eigenvalue weighted by molar-refractivity contribution is 0.0607. The summed E-state index contributed by atoms with van der Waals surface area (Å²) >= 11 is 6.25. The predicted molar refractivity (Wildman–Crippen MR) is 155 cm³/mol. The van der Waals surface area contributed by atoms with Gasteiger partial charge in [0.25, 0.3) is 5.91 Å². The van der Waals surface area contributed by atoms with Gasteiger partial charge in [0.05, 0.1) is 42.5 Å². The van der Waals surface area contributed by atoms with Crippen molar-refractivity contribution in [3.05, 3.63) is 46.6 Å². The highest BCUT2D eigenvalue weighted by Gasteiger charge is 2.33. The molecule has 1 aromatic carbocycles. The lowest BCUT2D eigenvalue weighted by atomic mass is 9.98. The molecule has 3 aliphatic rings. The number of ether oxygens (including phenoxy) is 1.